The molecular formula is C14H25NO3. The zero-order chi connectivity index (χ0) is 13.4. The molecule has 4 heteroatoms. The van der Waals surface area contributed by atoms with Crippen LogP contribution in [0.2, 0.25) is 0 Å². The molecule has 18 heavy (non-hydrogen) atoms. The Morgan fingerprint density at radius 2 is 1.78 bits per heavy atom. The molecule has 0 unspecified atom stereocenters. The number of nitrogens with one attached hydrogen (secondary N) is 1. The summed E-state index contributed by atoms with van der Waals surface area (Å²) >= 11 is 0. The molecule has 0 radical (unpaired) electrons. The van der Waals surface area contributed by atoms with Gasteiger partial charge in [-0.05, 0) is 39.8 Å². The molecule has 0 atom stereocenters. The molecule has 0 aliphatic rings. The van der Waals surface area contributed by atoms with Gasteiger partial charge in [-0.3, -0.25) is 0 Å². The van der Waals surface area contributed by atoms with E-state index in [9.17, 15) is 0 Å². The molecule has 0 amide bonds. The third-order valence-corrected chi connectivity index (χ3v) is 2.33. The molecule has 1 heterocycles. The van der Waals surface area contributed by atoms with Crippen molar-refractivity contribution in [1.82, 2.24) is 5.32 Å². The van der Waals surface area contributed by atoms with Gasteiger partial charge in [-0.25, -0.2) is 0 Å². The Balaban J connectivity index is 2.22. The lowest BCUT2D eigenvalue weighted by Gasteiger charge is -2.19. The van der Waals surface area contributed by atoms with Crippen LogP contribution in [0.5, 0.6) is 0 Å². The van der Waals surface area contributed by atoms with E-state index in [0.717, 1.165) is 24.7 Å². The molecule has 0 aliphatic heterocycles. The SMILES string of the molecule is CCOCCOCc1ccc(CNC(C)(C)C)o1. The van der Waals surface area contributed by atoms with Crippen LogP contribution in [0.4, 0.5) is 0 Å². The Bertz CT molecular complexity index is 328. The summed E-state index contributed by atoms with van der Waals surface area (Å²) in [5.74, 6) is 1.80. The van der Waals surface area contributed by atoms with Gasteiger partial charge in [-0.1, -0.05) is 0 Å². The summed E-state index contributed by atoms with van der Waals surface area (Å²) in [5.41, 5.74) is 0.0982. The second kappa shape index (κ2) is 7.56. The summed E-state index contributed by atoms with van der Waals surface area (Å²) < 4.78 is 16.3. The first-order valence-corrected chi connectivity index (χ1v) is 6.49. The molecule has 1 N–H and O–H groups in total. The molecule has 0 aliphatic carbocycles. The Kier molecular flexibility index (Phi) is 6.39. The standard InChI is InChI=1S/C14H25NO3/c1-5-16-8-9-17-11-13-7-6-12(18-13)10-15-14(2,3)4/h6-7,15H,5,8-11H2,1-4H3. The summed E-state index contributed by atoms with van der Waals surface area (Å²) in [7, 11) is 0. The average molecular weight is 255 g/mol. The van der Waals surface area contributed by atoms with E-state index in [4.69, 9.17) is 13.9 Å². The minimum atomic E-state index is 0.0982. The van der Waals surface area contributed by atoms with Crippen molar-refractivity contribution >= 4 is 0 Å². The molecule has 0 saturated heterocycles. The smallest absolute Gasteiger partial charge is 0.129 e. The third-order valence-electron chi connectivity index (χ3n) is 2.33. The van der Waals surface area contributed by atoms with Gasteiger partial charge in [-0.2, -0.15) is 0 Å². The normalized spacial score (nSPS) is 12.0. The maximum atomic E-state index is 5.66. The van der Waals surface area contributed by atoms with E-state index in [1.54, 1.807) is 0 Å². The van der Waals surface area contributed by atoms with Gasteiger partial charge >= 0.3 is 0 Å². The highest BCUT2D eigenvalue weighted by molar-refractivity contribution is 5.06. The Hall–Kier alpha value is -0.840. The van der Waals surface area contributed by atoms with Crippen LogP contribution in [0.1, 0.15) is 39.2 Å². The number of hydrogen-bond donors (Lipinski definition) is 1. The Morgan fingerprint density at radius 3 is 2.44 bits per heavy atom. The van der Waals surface area contributed by atoms with E-state index < -0.39 is 0 Å². The first kappa shape index (κ1) is 15.2. The van der Waals surface area contributed by atoms with E-state index in [1.165, 1.54) is 0 Å². The Morgan fingerprint density at radius 1 is 1.11 bits per heavy atom. The molecule has 0 bridgehead atoms. The third kappa shape index (κ3) is 6.79. The molecule has 0 fully saturated rings. The van der Waals surface area contributed by atoms with Gasteiger partial charge in [-0.15, -0.1) is 0 Å². The topological polar surface area (TPSA) is 43.6 Å². The van der Waals surface area contributed by atoms with Crippen LogP contribution >= 0.6 is 0 Å². The van der Waals surface area contributed by atoms with Crippen LogP contribution < -0.4 is 5.32 Å². The lowest BCUT2D eigenvalue weighted by molar-refractivity contribution is 0.0386. The fourth-order valence-corrected chi connectivity index (χ4v) is 1.38. The fourth-order valence-electron chi connectivity index (χ4n) is 1.38. The van der Waals surface area contributed by atoms with Crippen molar-refractivity contribution in [2.45, 2.75) is 46.4 Å². The van der Waals surface area contributed by atoms with E-state index in [0.29, 0.717) is 19.8 Å². The molecule has 1 rings (SSSR count). The number of furan rings is 1. The zero-order valence-electron chi connectivity index (χ0n) is 11.9. The molecule has 4 nitrogen and oxygen atoms in total. The number of hydrogen-bond acceptors (Lipinski definition) is 4. The highest BCUT2D eigenvalue weighted by Gasteiger charge is 2.10. The molecule has 0 saturated carbocycles. The van der Waals surface area contributed by atoms with Crippen LogP contribution in [-0.2, 0) is 22.6 Å². The second-order valence-electron chi connectivity index (χ2n) is 5.22. The van der Waals surface area contributed by atoms with Gasteiger partial charge in [0.2, 0.25) is 0 Å². The van der Waals surface area contributed by atoms with E-state index in [1.807, 2.05) is 19.1 Å². The van der Waals surface area contributed by atoms with Crippen molar-refractivity contribution in [1.29, 1.82) is 0 Å². The Labute approximate surface area is 110 Å². The zero-order valence-corrected chi connectivity index (χ0v) is 11.9. The summed E-state index contributed by atoms with van der Waals surface area (Å²) in [5, 5.41) is 3.38. The summed E-state index contributed by atoms with van der Waals surface area (Å²) in [4.78, 5) is 0. The summed E-state index contributed by atoms with van der Waals surface area (Å²) in [6, 6.07) is 3.94. The molecule has 1 aromatic rings. The fraction of sp³-hybridized carbons (Fsp3) is 0.714. The van der Waals surface area contributed by atoms with Gasteiger partial charge in [0.05, 0.1) is 19.8 Å². The summed E-state index contributed by atoms with van der Waals surface area (Å²) in [6.07, 6.45) is 0. The van der Waals surface area contributed by atoms with Crippen molar-refractivity contribution in [2.24, 2.45) is 0 Å². The van der Waals surface area contributed by atoms with Crippen molar-refractivity contribution in [3.63, 3.8) is 0 Å². The van der Waals surface area contributed by atoms with Gasteiger partial charge in [0.15, 0.2) is 0 Å². The van der Waals surface area contributed by atoms with Gasteiger partial charge in [0.1, 0.15) is 18.1 Å². The molecule has 0 spiro atoms. The maximum absolute atomic E-state index is 5.66. The van der Waals surface area contributed by atoms with Crippen LogP contribution in [0.15, 0.2) is 16.5 Å². The van der Waals surface area contributed by atoms with Gasteiger partial charge in [0.25, 0.3) is 0 Å². The van der Waals surface area contributed by atoms with E-state index in [2.05, 4.69) is 26.1 Å². The van der Waals surface area contributed by atoms with Crippen LogP contribution in [0.3, 0.4) is 0 Å². The van der Waals surface area contributed by atoms with E-state index in [-0.39, 0.29) is 5.54 Å². The van der Waals surface area contributed by atoms with Crippen molar-refractivity contribution < 1.29 is 13.9 Å². The molecule has 1 aromatic heterocycles. The first-order valence-electron chi connectivity index (χ1n) is 6.49. The molecule has 104 valence electrons. The second-order valence-corrected chi connectivity index (χ2v) is 5.22. The minimum Gasteiger partial charge on any atom is -0.462 e. The monoisotopic (exact) mass is 255 g/mol. The average Bonchev–Trinajstić information content (AvgIpc) is 2.73. The quantitative estimate of drug-likeness (QED) is 0.725. The molecular weight excluding hydrogens is 230 g/mol. The number of rotatable bonds is 8. The van der Waals surface area contributed by atoms with E-state index >= 15 is 0 Å². The number of ether oxygens (including phenoxy) is 2. The maximum Gasteiger partial charge on any atom is 0.129 e. The summed E-state index contributed by atoms with van der Waals surface area (Å²) in [6.45, 7) is 11.6. The minimum absolute atomic E-state index is 0.0982. The van der Waals surface area contributed by atoms with Crippen molar-refractivity contribution in [2.75, 3.05) is 19.8 Å². The van der Waals surface area contributed by atoms with Crippen LogP contribution in [0, 0.1) is 0 Å². The van der Waals surface area contributed by atoms with Crippen LogP contribution in [-0.4, -0.2) is 25.4 Å². The largest absolute Gasteiger partial charge is 0.462 e. The lowest BCUT2D eigenvalue weighted by atomic mass is 10.1. The predicted octanol–water partition coefficient (Wildman–Crippen LogP) is 2.72. The van der Waals surface area contributed by atoms with Gasteiger partial charge < -0.3 is 19.2 Å². The highest BCUT2D eigenvalue weighted by Crippen LogP contribution is 2.10. The lowest BCUT2D eigenvalue weighted by Crippen LogP contribution is -2.34. The highest BCUT2D eigenvalue weighted by atomic mass is 16.5. The van der Waals surface area contributed by atoms with Crippen molar-refractivity contribution in [3.05, 3.63) is 23.7 Å². The van der Waals surface area contributed by atoms with Gasteiger partial charge in [0, 0.05) is 12.1 Å². The molecule has 0 aromatic carbocycles. The van der Waals surface area contributed by atoms with Crippen molar-refractivity contribution in [3.8, 4) is 0 Å². The predicted molar refractivity (Wildman–Crippen MR) is 71.4 cm³/mol. The van der Waals surface area contributed by atoms with Crippen LogP contribution in [0.25, 0.3) is 0 Å². The first-order chi connectivity index (χ1) is 8.51.